The fourth-order valence-electron chi connectivity index (χ4n) is 2.83. The Morgan fingerprint density at radius 1 is 0.909 bits per heavy atom. The van der Waals surface area contributed by atoms with Crippen LogP contribution in [0.15, 0.2) is 12.2 Å². The highest BCUT2D eigenvalue weighted by molar-refractivity contribution is 7.46. The zero-order chi connectivity index (χ0) is 25.2. The number of aliphatic hydroxyl groups is 2. The number of nitrogens with two attached hydrogens (primary N) is 1. The van der Waals surface area contributed by atoms with Crippen LogP contribution in [0.25, 0.3) is 0 Å². The molecule has 0 radical (unpaired) electrons. The number of aliphatic hydroxyl groups excluding tert-OH is 2. The lowest BCUT2D eigenvalue weighted by Crippen LogP contribution is -2.23. The number of carbonyl (C=O) groups excluding carboxylic acids is 1. The summed E-state index contributed by atoms with van der Waals surface area (Å²) < 4.78 is 19.5. The van der Waals surface area contributed by atoms with Crippen molar-refractivity contribution in [2.45, 2.75) is 103 Å². The minimum atomic E-state index is -4.62. The molecule has 0 saturated carbocycles. The fourth-order valence-corrected chi connectivity index (χ4v) is 3.20. The summed E-state index contributed by atoms with van der Waals surface area (Å²) in [6.45, 7) is 1.80. The summed E-state index contributed by atoms with van der Waals surface area (Å²) in [5, 5.41) is 17.2. The Labute approximate surface area is 200 Å². The third kappa shape index (κ3) is 33.5. The molecular formula is C23H48NO8P. The SMILES string of the molecule is CCCCCCCC/C=C\CCCCCCCC(=O)OCC(O)COP(=O)(O)O.NCCO. The Morgan fingerprint density at radius 2 is 1.39 bits per heavy atom. The smallest absolute Gasteiger partial charge is 0.463 e. The average Bonchev–Trinajstić information content (AvgIpc) is 2.78. The maximum Gasteiger partial charge on any atom is 0.469 e. The van der Waals surface area contributed by atoms with Gasteiger partial charge in [-0.25, -0.2) is 4.57 Å². The molecule has 1 atom stereocenters. The highest BCUT2D eigenvalue weighted by Crippen LogP contribution is 2.35. The van der Waals surface area contributed by atoms with Crippen molar-refractivity contribution in [3.8, 4) is 0 Å². The molecule has 0 aliphatic heterocycles. The third-order valence-electron chi connectivity index (χ3n) is 4.64. The number of hydrogen-bond acceptors (Lipinski definition) is 7. The van der Waals surface area contributed by atoms with Gasteiger partial charge in [-0.2, -0.15) is 0 Å². The van der Waals surface area contributed by atoms with Crippen LogP contribution in [0, 0.1) is 0 Å². The normalized spacial score (nSPS) is 12.4. The minimum absolute atomic E-state index is 0.0972. The second kappa shape index (κ2) is 25.8. The largest absolute Gasteiger partial charge is 0.469 e. The Kier molecular flexibility index (Phi) is 26.9. The van der Waals surface area contributed by atoms with Gasteiger partial charge in [-0.1, -0.05) is 70.4 Å². The lowest BCUT2D eigenvalue weighted by molar-refractivity contribution is -0.147. The summed E-state index contributed by atoms with van der Waals surface area (Å²) in [5.74, 6) is -0.419. The molecule has 0 fully saturated rings. The van der Waals surface area contributed by atoms with E-state index >= 15 is 0 Å². The average molecular weight is 498 g/mol. The van der Waals surface area contributed by atoms with Gasteiger partial charge in [-0.15, -0.1) is 0 Å². The van der Waals surface area contributed by atoms with Crippen molar-refractivity contribution < 1.29 is 38.6 Å². The van der Waals surface area contributed by atoms with E-state index in [0.717, 1.165) is 32.1 Å². The number of carbonyl (C=O) groups is 1. The molecule has 0 spiro atoms. The van der Waals surface area contributed by atoms with Gasteiger partial charge in [0, 0.05) is 13.0 Å². The zero-order valence-electron chi connectivity index (χ0n) is 20.4. The van der Waals surface area contributed by atoms with E-state index in [1.165, 1.54) is 51.4 Å². The highest BCUT2D eigenvalue weighted by Gasteiger charge is 2.17. The molecule has 0 aliphatic rings. The molecule has 0 amide bonds. The number of ether oxygens (including phenoxy) is 1. The van der Waals surface area contributed by atoms with Crippen LogP contribution in [-0.4, -0.2) is 58.4 Å². The molecule has 6 N–H and O–H groups in total. The van der Waals surface area contributed by atoms with Crippen molar-refractivity contribution in [3.63, 3.8) is 0 Å². The van der Waals surface area contributed by atoms with Gasteiger partial charge in [-0.3, -0.25) is 9.32 Å². The zero-order valence-corrected chi connectivity index (χ0v) is 21.3. The highest BCUT2D eigenvalue weighted by atomic mass is 31.2. The van der Waals surface area contributed by atoms with Crippen LogP contribution in [0.4, 0.5) is 0 Å². The number of phosphoric acid groups is 1. The molecule has 0 aromatic carbocycles. The van der Waals surface area contributed by atoms with E-state index in [1.807, 2.05) is 0 Å². The van der Waals surface area contributed by atoms with Gasteiger partial charge in [0.05, 0.1) is 13.2 Å². The van der Waals surface area contributed by atoms with E-state index in [4.69, 9.17) is 25.4 Å². The number of allylic oxidation sites excluding steroid dienone is 2. The van der Waals surface area contributed by atoms with Crippen LogP contribution in [0.1, 0.15) is 96.8 Å². The van der Waals surface area contributed by atoms with Gasteiger partial charge >= 0.3 is 13.8 Å². The van der Waals surface area contributed by atoms with Crippen LogP contribution in [-0.2, 0) is 18.6 Å². The van der Waals surface area contributed by atoms with Crippen molar-refractivity contribution in [1.82, 2.24) is 0 Å². The molecule has 9 nitrogen and oxygen atoms in total. The summed E-state index contributed by atoms with van der Waals surface area (Å²) in [6.07, 6.45) is 19.0. The lowest BCUT2D eigenvalue weighted by Gasteiger charge is -2.12. The van der Waals surface area contributed by atoms with Crippen LogP contribution in [0.2, 0.25) is 0 Å². The second-order valence-corrected chi connectivity index (χ2v) is 9.21. The summed E-state index contributed by atoms with van der Waals surface area (Å²) in [4.78, 5) is 28.6. The molecule has 0 bridgehead atoms. The molecule has 0 aliphatic carbocycles. The molecule has 33 heavy (non-hydrogen) atoms. The molecule has 0 aromatic rings. The van der Waals surface area contributed by atoms with Gasteiger partial charge in [-0.05, 0) is 32.1 Å². The lowest BCUT2D eigenvalue weighted by atomic mass is 10.1. The molecule has 10 heteroatoms. The Bertz CT molecular complexity index is 497. The van der Waals surface area contributed by atoms with E-state index in [9.17, 15) is 14.5 Å². The molecule has 198 valence electrons. The number of phosphoric ester groups is 1. The molecular weight excluding hydrogens is 449 g/mol. The first-order valence-corrected chi connectivity index (χ1v) is 13.8. The van der Waals surface area contributed by atoms with Crippen LogP contribution < -0.4 is 5.73 Å². The molecule has 0 heterocycles. The first-order valence-electron chi connectivity index (χ1n) is 12.3. The van der Waals surface area contributed by atoms with Gasteiger partial charge in [0.1, 0.15) is 12.7 Å². The predicted molar refractivity (Wildman–Crippen MR) is 131 cm³/mol. The maximum absolute atomic E-state index is 11.5. The first kappa shape index (κ1) is 34.4. The fraction of sp³-hybridized carbons (Fsp3) is 0.870. The molecule has 0 rings (SSSR count). The van der Waals surface area contributed by atoms with Gasteiger partial charge < -0.3 is 30.5 Å². The number of unbranched alkanes of at least 4 members (excludes halogenated alkanes) is 11. The monoisotopic (exact) mass is 497 g/mol. The van der Waals surface area contributed by atoms with Crippen LogP contribution in [0.3, 0.4) is 0 Å². The van der Waals surface area contributed by atoms with E-state index in [1.54, 1.807) is 0 Å². The number of esters is 1. The maximum atomic E-state index is 11.5. The van der Waals surface area contributed by atoms with Crippen molar-refractivity contribution in [2.75, 3.05) is 26.4 Å². The summed E-state index contributed by atoms with van der Waals surface area (Å²) in [5.41, 5.74) is 4.78. The van der Waals surface area contributed by atoms with E-state index in [-0.39, 0.29) is 19.6 Å². The number of hydrogen-bond donors (Lipinski definition) is 5. The van der Waals surface area contributed by atoms with Gasteiger partial charge in [0.15, 0.2) is 0 Å². The summed E-state index contributed by atoms with van der Waals surface area (Å²) in [6, 6.07) is 0. The number of rotatable bonds is 21. The molecule has 0 aromatic heterocycles. The topological polar surface area (TPSA) is 160 Å². The minimum Gasteiger partial charge on any atom is -0.463 e. The summed E-state index contributed by atoms with van der Waals surface area (Å²) in [7, 11) is -4.62. The molecule has 0 saturated heterocycles. The predicted octanol–water partition coefficient (Wildman–Crippen LogP) is 3.97. The molecule has 1 unspecified atom stereocenters. The van der Waals surface area contributed by atoms with Crippen LogP contribution in [0.5, 0.6) is 0 Å². The van der Waals surface area contributed by atoms with E-state index < -0.39 is 26.5 Å². The van der Waals surface area contributed by atoms with Crippen molar-refractivity contribution in [2.24, 2.45) is 5.73 Å². The van der Waals surface area contributed by atoms with Crippen molar-refractivity contribution in [1.29, 1.82) is 0 Å². The van der Waals surface area contributed by atoms with E-state index in [0.29, 0.717) is 6.54 Å². The standard InChI is InChI=1S/C21H41O7P.C2H7NO/c1-2-3-4-5-6-7-8-9-10-11-12-13-14-15-16-17-21(23)27-18-20(22)19-28-29(24,25)26;3-1-2-4/h9-10,20,22H,2-8,11-19H2,1H3,(H2,24,25,26);4H,1-3H2/b10-9-;. The Hall–Kier alpha value is -0.800. The third-order valence-corrected chi connectivity index (χ3v) is 5.13. The van der Waals surface area contributed by atoms with Crippen molar-refractivity contribution >= 4 is 13.8 Å². The Morgan fingerprint density at radius 3 is 1.88 bits per heavy atom. The van der Waals surface area contributed by atoms with Crippen molar-refractivity contribution in [3.05, 3.63) is 12.2 Å². The van der Waals surface area contributed by atoms with Gasteiger partial charge in [0.25, 0.3) is 0 Å². The Balaban J connectivity index is 0. The second-order valence-electron chi connectivity index (χ2n) is 7.97. The quantitative estimate of drug-likeness (QED) is 0.0684. The van der Waals surface area contributed by atoms with Crippen LogP contribution >= 0.6 is 7.82 Å². The van der Waals surface area contributed by atoms with Gasteiger partial charge in [0.2, 0.25) is 0 Å². The first-order chi connectivity index (χ1) is 15.8. The van der Waals surface area contributed by atoms with E-state index in [2.05, 4.69) is 23.6 Å². The summed E-state index contributed by atoms with van der Waals surface area (Å²) >= 11 is 0.